The first-order chi connectivity index (χ1) is 12.0. The Morgan fingerprint density at radius 3 is 1.44 bits per heavy atom. The molecule has 148 valence electrons. The highest BCUT2D eigenvalue weighted by Crippen LogP contribution is 2.13. The Kier molecular flexibility index (Phi) is 17.4. The summed E-state index contributed by atoms with van der Waals surface area (Å²) < 4.78 is 5.09. The van der Waals surface area contributed by atoms with E-state index in [1.165, 1.54) is 83.6 Å². The van der Waals surface area contributed by atoms with Gasteiger partial charge < -0.3 is 9.64 Å². The number of carbonyl (C=O) groups excluding carboxylic acids is 1. The van der Waals surface area contributed by atoms with E-state index in [4.69, 9.17) is 4.74 Å². The summed E-state index contributed by atoms with van der Waals surface area (Å²) in [5.41, 5.74) is 0.490. The Bertz CT molecular complexity index is 326. The lowest BCUT2D eigenvalue weighted by Crippen LogP contribution is -2.12. The Hall–Kier alpha value is -0.830. The SMILES string of the molecule is C=C(C)C(=O)OCCCCCCCCCCCCCCCCN(C)C. The fourth-order valence-electron chi connectivity index (χ4n) is 2.94. The maximum absolute atomic E-state index is 11.2. The van der Waals surface area contributed by atoms with Gasteiger partial charge in [-0.15, -0.1) is 0 Å². The van der Waals surface area contributed by atoms with Crippen LogP contribution >= 0.6 is 0 Å². The van der Waals surface area contributed by atoms with Crippen LogP contribution < -0.4 is 0 Å². The van der Waals surface area contributed by atoms with Crippen LogP contribution in [0.25, 0.3) is 0 Å². The molecule has 0 saturated heterocycles. The van der Waals surface area contributed by atoms with Crippen molar-refractivity contribution in [3.63, 3.8) is 0 Å². The van der Waals surface area contributed by atoms with E-state index in [0.29, 0.717) is 12.2 Å². The Morgan fingerprint density at radius 1 is 0.720 bits per heavy atom. The minimum atomic E-state index is -0.256. The molecule has 0 spiro atoms. The van der Waals surface area contributed by atoms with E-state index in [-0.39, 0.29) is 5.97 Å². The highest BCUT2D eigenvalue weighted by atomic mass is 16.5. The maximum atomic E-state index is 11.2. The summed E-state index contributed by atoms with van der Waals surface area (Å²) in [6.07, 6.45) is 18.7. The zero-order valence-electron chi connectivity index (χ0n) is 17.3. The van der Waals surface area contributed by atoms with Gasteiger partial charge in [-0.2, -0.15) is 0 Å². The van der Waals surface area contributed by atoms with E-state index in [9.17, 15) is 4.79 Å². The van der Waals surface area contributed by atoms with E-state index in [2.05, 4.69) is 25.6 Å². The third-order valence-electron chi connectivity index (χ3n) is 4.58. The van der Waals surface area contributed by atoms with Gasteiger partial charge in [-0.3, -0.25) is 0 Å². The minimum Gasteiger partial charge on any atom is -0.462 e. The molecule has 0 aliphatic rings. The van der Waals surface area contributed by atoms with Crippen LogP contribution in [0.5, 0.6) is 0 Å². The van der Waals surface area contributed by atoms with Gasteiger partial charge in [-0.25, -0.2) is 4.79 Å². The molecule has 25 heavy (non-hydrogen) atoms. The van der Waals surface area contributed by atoms with Gasteiger partial charge in [0.05, 0.1) is 6.61 Å². The largest absolute Gasteiger partial charge is 0.462 e. The lowest BCUT2D eigenvalue weighted by atomic mass is 10.0. The van der Waals surface area contributed by atoms with Crippen LogP contribution in [-0.4, -0.2) is 38.1 Å². The lowest BCUT2D eigenvalue weighted by molar-refractivity contribution is -0.139. The fourth-order valence-corrected chi connectivity index (χ4v) is 2.94. The average Bonchev–Trinajstić information content (AvgIpc) is 2.57. The van der Waals surface area contributed by atoms with E-state index in [1.807, 2.05) is 0 Å². The zero-order chi connectivity index (χ0) is 18.8. The molecule has 0 atom stereocenters. The van der Waals surface area contributed by atoms with Crippen molar-refractivity contribution < 1.29 is 9.53 Å². The van der Waals surface area contributed by atoms with Crippen LogP contribution in [0.2, 0.25) is 0 Å². The molecule has 0 heterocycles. The van der Waals surface area contributed by atoms with Crippen LogP contribution in [0.15, 0.2) is 12.2 Å². The van der Waals surface area contributed by atoms with Crippen LogP contribution in [-0.2, 0) is 9.53 Å². The summed E-state index contributed by atoms with van der Waals surface area (Å²) in [7, 11) is 4.31. The Labute approximate surface area is 157 Å². The molecule has 3 heteroatoms. The van der Waals surface area contributed by atoms with Crippen LogP contribution in [0.4, 0.5) is 0 Å². The molecular formula is C22H43NO2. The molecule has 0 radical (unpaired) electrons. The first-order valence-corrected chi connectivity index (χ1v) is 10.5. The van der Waals surface area contributed by atoms with Crippen LogP contribution in [0, 0.1) is 0 Å². The van der Waals surface area contributed by atoms with Crippen molar-refractivity contribution in [3.05, 3.63) is 12.2 Å². The Morgan fingerprint density at radius 2 is 1.08 bits per heavy atom. The van der Waals surface area contributed by atoms with E-state index in [1.54, 1.807) is 6.92 Å². The second kappa shape index (κ2) is 18.0. The monoisotopic (exact) mass is 353 g/mol. The lowest BCUT2D eigenvalue weighted by Gasteiger charge is -2.08. The third kappa shape index (κ3) is 19.3. The molecule has 0 N–H and O–H groups in total. The van der Waals surface area contributed by atoms with Gasteiger partial charge in [-0.1, -0.05) is 83.6 Å². The summed E-state index contributed by atoms with van der Waals surface area (Å²) in [6, 6.07) is 0. The third-order valence-corrected chi connectivity index (χ3v) is 4.58. The number of rotatable bonds is 18. The topological polar surface area (TPSA) is 29.5 Å². The quantitative estimate of drug-likeness (QED) is 0.169. The number of hydrogen-bond donors (Lipinski definition) is 0. The molecular weight excluding hydrogens is 310 g/mol. The average molecular weight is 354 g/mol. The molecule has 0 aromatic rings. The van der Waals surface area contributed by atoms with Crippen molar-refractivity contribution in [3.8, 4) is 0 Å². The fraction of sp³-hybridized carbons (Fsp3) is 0.864. The molecule has 0 rings (SSSR count). The number of unbranched alkanes of at least 4 members (excludes halogenated alkanes) is 13. The Balaban J connectivity index is 3.07. The van der Waals surface area contributed by atoms with Crippen molar-refractivity contribution in [2.24, 2.45) is 0 Å². The number of hydrogen-bond acceptors (Lipinski definition) is 3. The molecule has 0 amide bonds. The summed E-state index contributed by atoms with van der Waals surface area (Å²) in [6.45, 7) is 7.04. The first kappa shape index (κ1) is 24.2. The van der Waals surface area contributed by atoms with Gasteiger partial charge in [0.25, 0.3) is 0 Å². The smallest absolute Gasteiger partial charge is 0.333 e. The predicted octanol–water partition coefficient (Wildman–Crippen LogP) is 6.13. The van der Waals surface area contributed by atoms with Gasteiger partial charge in [0.15, 0.2) is 0 Å². The van der Waals surface area contributed by atoms with Gasteiger partial charge >= 0.3 is 5.97 Å². The van der Waals surface area contributed by atoms with Crippen molar-refractivity contribution in [1.82, 2.24) is 4.90 Å². The summed E-state index contributed by atoms with van der Waals surface area (Å²) in [5.74, 6) is -0.256. The number of ether oxygens (including phenoxy) is 1. The predicted molar refractivity (Wildman–Crippen MR) is 109 cm³/mol. The van der Waals surface area contributed by atoms with Gasteiger partial charge in [0.1, 0.15) is 0 Å². The van der Waals surface area contributed by atoms with Crippen molar-refractivity contribution in [2.45, 2.75) is 96.8 Å². The number of esters is 1. The number of nitrogens with zero attached hydrogens (tertiary/aromatic N) is 1. The van der Waals surface area contributed by atoms with Gasteiger partial charge in [0.2, 0.25) is 0 Å². The second-order valence-corrected chi connectivity index (χ2v) is 7.67. The summed E-state index contributed by atoms with van der Waals surface area (Å²) in [4.78, 5) is 13.5. The van der Waals surface area contributed by atoms with Crippen molar-refractivity contribution >= 4 is 5.97 Å². The maximum Gasteiger partial charge on any atom is 0.333 e. The van der Waals surface area contributed by atoms with Crippen LogP contribution in [0.1, 0.15) is 96.8 Å². The molecule has 0 aliphatic carbocycles. The highest BCUT2D eigenvalue weighted by Gasteiger charge is 2.01. The molecule has 0 aromatic heterocycles. The molecule has 0 unspecified atom stereocenters. The van der Waals surface area contributed by atoms with E-state index >= 15 is 0 Å². The summed E-state index contributed by atoms with van der Waals surface area (Å²) in [5, 5.41) is 0. The highest BCUT2D eigenvalue weighted by molar-refractivity contribution is 5.86. The van der Waals surface area contributed by atoms with Crippen LogP contribution in [0.3, 0.4) is 0 Å². The zero-order valence-corrected chi connectivity index (χ0v) is 17.3. The van der Waals surface area contributed by atoms with Crippen molar-refractivity contribution in [1.29, 1.82) is 0 Å². The molecule has 0 bridgehead atoms. The van der Waals surface area contributed by atoms with E-state index < -0.39 is 0 Å². The van der Waals surface area contributed by atoms with Gasteiger partial charge in [-0.05, 0) is 40.4 Å². The molecule has 0 aromatic carbocycles. The molecule has 0 aliphatic heterocycles. The number of carbonyl (C=O) groups is 1. The minimum absolute atomic E-state index is 0.256. The summed E-state index contributed by atoms with van der Waals surface area (Å²) >= 11 is 0. The normalized spacial score (nSPS) is 11.0. The molecule has 0 saturated carbocycles. The molecule has 3 nitrogen and oxygen atoms in total. The standard InChI is InChI=1S/C22H43NO2/c1-21(2)22(24)25-20-18-16-14-12-10-8-6-5-7-9-11-13-15-17-19-23(3)4/h1,5-20H2,2-4H3. The second-order valence-electron chi connectivity index (χ2n) is 7.67. The van der Waals surface area contributed by atoms with E-state index in [0.717, 1.165) is 12.8 Å². The molecule has 0 fully saturated rings. The van der Waals surface area contributed by atoms with Gasteiger partial charge in [0, 0.05) is 5.57 Å². The van der Waals surface area contributed by atoms with Crippen molar-refractivity contribution in [2.75, 3.05) is 27.2 Å². The first-order valence-electron chi connectivity index (χ1n) is 10.5.